The van der Waals surface area contributed by atoms with Crippen molar-refractivity contribution in [2.24, 2.45) is 0 Å². The molecule has 1 rings (SSSR count). The third-order valence-electron chi connectivity index (χ3n) is 2.06. The van der Waals surface area contributed by atoms with E-state index in [0.29, 0.717) is 12.1 Å². The lowest BCUT2D eigenvalue weighted by atomic mass is 10.2. The van der Waals surface area contributed by atoms with Crippen molar-refractivity contribution in [2.75, 3.05) is 18.0 Å². The molecular formula is C12H13NO. The first-order valence-corrected chi connectivity index (χ1v) is 4.55. The number of hydrogen-bond acceptors (Lipinski definition) is 2. The zero-order valence-corrected chi connectivity index (χ0v) is 8.23. The van der Waals surface area contributed by atoms with E-state index in [2.05, 4.69) is 10.8 Å². The van der Waals surface area contributed by atoms with Gasteiger partial charge in [0.2, 0.25) is 0 Å². The van der Waals surface area contributed by atoms with Crippen LogP contribution in [0.4, 0.5) is 5.69 Å². The second-order valence-corrected chi connectivity index (χ2v) is 2.93. The predicted octanol–water partition coefficient (Wildman–Crippen LogP) is 1.96. The lowest BCUT2D eigenvalue weighted by Gasteiger charge is -2.20. The molecule has 0 heterocycles. The van der Waals surface area contributed by atoms with Crippen LogP contribution >= 0.6 is 0 Å². The summed E-state index contributed by atoms with van der Waals surface area (Å²) in [5.41, 5.74) is 1.74. The third-order valence-corrected chi connectivity index (χ3v) is 2.06. The summed E-state index contributed by atoms with van der Waals surface area (Å²) in [5, 5.41) is 0. The number of rotatable bonds is 4. The molecule has 14 heavy (non-hydrogen) atoms. The van der Waals surface area contributed by atoms with Crippen LogP contribution in [0.2, 0.25) is 0 Å². The van der Waals surface area contributed by atoms with Crippen LogP contribution in [0.1, 0.15) is 17.3 Å². The number of hydrogen-bond donors (Lipinski definition) is 0. The zero-order chi connectivity index (χ0) is 10.4. The lowest BCUT2D eigenvalue weighted by molar-refractivity contribution is 0.112. The van der Waals surface area contributed by atoms with E-state index in [1.165, 1.54) is 0 Å². The van der Waals surface area contributed by atoms with Gasteiger partial charge in [-0.1, -0.05) is 5.92 Å². The Morgan fingerprint density at radius 2 is 2.07 bits per heavy atom. The molecule has 0 saturated heterocycles. The Morgan fingerprint density at radius 3 is 2.50 bits per heavy atom. The van der Waals surface area contributed by atoms with Crippen molar-refractivity contribution in [2.45, 2.75) is 6.92 Å². The number of terminal acetylenes is 1. The summed E-state index contributed by atoms with van der Waals surface area (Å²) in [6, 6.07) is 7.40. The first-order valence-electron chi connectivity index (χ1n) is 4.55. The number of benzene rings is 1. The quantitative estimate of drug-likeness (QED) is 0.530. The Kier molecular flexibility index (Phi) is 3.75. The van der Waals surface area contributed by atoms with Gasteiger partial charge in [-0.25, -0.2) is 0 Å². The van der Waals surface area contributed by atoms with E-state index in [1.807, 2.05) is 19.1 Å². The maximum Gasteiger partial charge on any atom is 0.150 e. The second-order valence-electron chi connectivity index (χ2n) is 2.93. The van der Waals surface area contributed by atoms with Crippen LogP contribution in [0.5, 0.6) is 0 Å². The number of carbonyl (C=O) groups excluding carboxylic acids is 1. The van der Waals surface area contributed by atoms with Crippen LogP contribution in [0.15, 0.2) is 24.3 Å². The molecular weight excluding hydrogens is 174 g/mol. The molecule has 0 aliphatic carbocycles. The molecule has 2 heteroatoms. The molecule has 1 aromatic carbocycles. The summed E-state index contributed by atoms with van der Waals surface area (Å²) in [6.07, 6.45) is 6.09. The monoisotopic (exact) mass is 187 g/mol. The van der Waals surface area contributed by atoms with E-state index in [1.54, 1.807) is 12.1 Å². The molecule has 72 valence electrons. The smallest absolute Gasteiger partial charge is 0.150 e. The fraction of sp³-hybridized carbons (Fsp3) is 0.250. The molecule has 0 unspecified atom stereocenters. The van der Waals surface area contributed by atoms with Crippen LogP contribution in [0.25, 0.3) is 0 Å². The highest BCUT2D eigenvalue weighted by Crippen LogP contribution is 2.13. The van der Waals surface area contributed by atoms with Crippen molar-refractivity contribution in [3.05, 3.63) is 29.8 Å². The molecule has 0 saturated carbocycles. The average molecular weight is 187 g/mol. The van der Waals surface area contributed by atoms with E-state index < -0.39 is 0 Å². The van der Waals surface area contributed by atoms with Crippen molar-refractivity contribution in [1.29, 1.82) is 0 Å². The molecule has 0 aliphatic rings. The van der Waals surface area contributed by atoms with E-state index in [0.717, 1.165) is 18.5 Å². The van der Waals surface area contributed by atoms with E-state index in [9.17, 15) is 4.79 Å². The Labute approximate surface area is 84.5 Å². The van der Waals surface area contributed by atoms with Crippen molar-refractivity contribution >= 4 is 12.0 Å². The molecule has 2 nitrogen and oxygen atoms in total. The average Bonchev–Trinajstić information content (AvgIpc) is 2.26. The van der Waals surface area contributed by atoms with Gasteiger partial charge in [0.15, 0.2) is 0 Å². The van der Waals surface area contributed by atoms with Crippen LogP contribution in [-0.4, -0.2) is 19.4 Å². The topological polar surface area (TPSA) is 20.3 Å². The summed E-state index contributed by atoms with van der Waals surface area (Å²) in [7, 11) is 0. The van der Waals surface area contributed by atoms with Gasteiger partial charge < -0.3 is 4.90 Å². The number of aldehydes is 1. The van der Waals surface area contributed by atoms with E-state index in [4.69, 9.17) is 6.42 Å². The van der Waals surface area contributed by atoms with Gasteiger partial charge in [-0.3, -0.25) is 4.79 Å². The third kappa shape index (κ3) is 2.37. The summed E-state index contributed by atoms with van der Waals surface area (Å²) in [4.78, 5) is 12.5. The summed E-state index contributed by atoms with van der Waals surface area (Å²) in [5.74, 6) is 2.60. The molecule has 0 radical (unpaired) electrons. The number of nitrogens with zero attached hydrogens (tertiary/aromatic N) is 1. The van der Waals surface area contributed by atoms with Gasteiger partial charge in [-0.2, -0.15) is 0 Å². The fourth-order valence-electron chi connectivity index (χ4n) is 1.26. The highest BCUT2D eigenvalue weighted by Gasteiger charge is 2.01. The molecule has 0 bridgehead atoms. The first kappa shape index (κ1) is 10.3. The predicted molar refractivity (Wildman–Crippen MR) is 58.5 cm³/mol. The summed E-state index contributed by atoms with van der Waals surface area (Å²) >= 11 is 0. The molecule has 0 atom stereocenters. The van der Waals surface area contributed by atoms with Crippen LogP contribution in [-0.2, 0) is 0 Å². The second kappa shape index (κ2) is 5.08. The zero-order valence-electron chi connectivity index (χ0n) is 8.23. The minimum absolute atomic E-state index is 0.594. The van der Waals surface area contributed by atoms with Crippen LogP contribution < -0.4 is 4.90 Å². The molecule has 0 amide bonds. The van der Waals surface area contributed by atoms with Crippen LogP contribution in [0, 0.1) is 12.3 Å². The van der Waals surface area contributed by atoms with Crippen molar-refractivity contribution in [1.82, 2.24) is 0 Å². The highest BCUT2D eigenvalue weighted by molar-refractivity contribution is 5.75. The van der Waals surface area contributed by atoms with Gasteiger partial charge in [0, 0.05) is 17.8 Å². The van der Waals surface area contributed by atoms with Gasteiger partial charge in [-0.05, 0) is 31.2 Å². The minimum Gasteiger partial charge on any atom is -0.361 e. The first-order chi connectivity index (χ1) is 6.81. The van der Waals surface area contributed by atoms with Crippen LogP contribution in [0.3, 0.4) is 0 Å². The summed E-state index contributed by atoms with van der Waals surface area (Å²) < 4.78 is 0. The van der Waals surface area contributed by atoms with Gasteiger partial charge in [0.05, 0.1) is 6.54 Å². The molecule has 0 fully saturated rings. The largest absolute Gasteiger partial charge is 0.361 e. The Bertz CT molecular complexity index is 334. The van der Waals surface area contributed by atoms with E-state index >= 15 is 0 Å². The van der Waals surface area contributed by atoms with Gasteiger partial charge in [-0.15, -0.1) is 6.42 Å². The van der Waals surface area contributed by atoms with Gasteiger partial charge in [0.1, 0.15) is 6.29 Å². The molecule has 0 N–H and O–H groups in total. The standard InChI is InChI=1S/C12H13NO/c1-3-9-13(4-2)12-7-5-11(10-14)6-8-12/h1,5-8,10H,4,9H2,2H3. The van der Waals surface area contributed by atoms with Crippen molar-refractivity contribution in [3.8, 4) is 12.3 Å². The Morgan fingerprint density at radius 1 is 1.43 bits per heavy atom. The lowest BCUT2D eigenvalue weighted by Crippen LogP contribution is -2.22. The minimum atomic E-state index is 0.594. The Balaban J connectivity index is 2.84. The van der Waals surface area contributed by atoms with Gasteiger partial charge in [0.25, 0.3) is 0 Å². The Hall–Kier alpha value is -1.75. The molecule has 0 aromatic heterocycles. The SMILES string of the molecule is C#CCN(CC)c1ccc(C=O)cc1. The molecule has 0 spiro atoms. The summed E-state index contributed by atoms with van der Waals surface area (Å²) in [6.45, 7) is 3.51. The maximum atomic E-state index is 10.4. The van der Waals surface area contributed by atoms with Crippen molar-refractivity contribution < 1.29 is 4.79 Å². The molecule has 0 aliphatic heterocycles. The fourth-order valence-corrected chi connectivity index (χ4v) is 1.26. The number of anilines is 1. The van der Waals surface area contributed by atoms with E-state index in [-0.39, 0.29) is 0 Å². The highest BCUT2D eigenvalue weighted by atomic mass is 16.1. The van der Waals surface area contributed by atoms with Gasteiger partial charge >= 0.3 is 0 Å². The number of carbonyl (C=O) groups is 1. The van der Waals surface area contributed by atoms with Crippen molar-refractivity contribution in [3.63, 3.8) is 0 Å². The maximum absolute atomic E-state index is 10.4. The normalized spacial score (nSPS) is 9.14. The molecule has 1 aromatic rings.